The van der Waals surface area contributed by atoms with E-state index in [4.69, 9.17) is 14.7 Å². The normalized spacial score (nSPS) is 18.4. The minimum absolute atomic E-state index is 0.439. The second-order valence-electron chi connectivity index (χ2n) is 9.27. The van der Waals surface area contributed by atoms with E-state index in [0.29, 0.717) is 19.3 Å². The van der Waals surface area contributed by atoms with Gasteiger partial charge in [0.25, 0.3) is 0 Å². The largest absolute Gasteiger partial charge is 0.373 e. The van der Waals surface area contributed by atoms with Crippen molar-refractivity contribution in [2.45, 2.75) is 38.3 Å². The van der Waals surface area contributed by atoms with Crippen LogP contribution in [0.1, 0.15) is 31.2 Å². The smallest absolute Gasteiger partial charge is 0.225 e. The Morgan fingerprint density at radius 3 is 2.50 bits per heavy atom. The Labute approximate surface area is 203 Å². The molecule has 34 heavy (non-hydrogen) atoms. The zero-order valence-electron chi connectivity index (χ0n) is 20.4. The maximum atomic E-state index is 5.69. The van der Waals surface area contributed by atoms with Crippen molar-refractivity contribution in [3.63, 3.8) is 0 Å². The molecule has 0 bridgehead atoms. The molecule has 0 saturated heterocycles. The molecule has 180 valence electrons. The number of anilines is 2. The van der Waals surface area contributed by atoms with E-state index in [1.807, 2.05) is 44.4 Å². The highest BCUT2D eigenvalue weighted by Crippen LogP contribution is 2.28. The van der Waals surface area contributed by atoms with Crippen molar-refractivity contribution < 1.29 is 4.74 Å². The van der Waals surface area contributed by atoms with Gasteiger partial charge in [0.1, 0.15) is 5.82 Å². The number of hydrogen-bond donors (Lipinski definition) is 2. The molecule has 1 saturated carbocycles. The molecule has 2 aromatic carbocycles. The van der Waals surface area contributed by atoms with Crippen LogP contribution in [-0.2, 0) is 11.3 Å². The summed E-state index contributed by atoms with van der Waals surface area (Å²) >= 11 is 0. The third kappa shape index (κ3) is 7.02. The molecule has 4 rings (SSSR count). The van der Waals surface area contributed by atoms with Crippen LogP contribution in [0, 0.1) is 5.92 Å². The Kier molecular flexibility index (Phi) is 8.88. The van der Waals surface area contributed by atoms with Crippen LogP contribution in [0.2, 0.25) is 0 Å². The monoisotopic (exact) mass is 459 g/mol. The van der Waals surface area contributed by atoms with Crippen molar-refractivity contribution in [3.8, 4) is 0 Å². The lowest BCUT2D eigenvalue weighted by atomic mass is 9.86. The van der Waals surface area contributed by atoms with Gasteiger partial charge in [-0.2, -0.15) is 4.98 Å². The Bertz CT molecular complexity index is 1050. The molecule has 1 aliphatic carbocycles. The maximum Gasteiger partial charge on any atom is 0.225 e. The highest BCUT2D eigenvalue weighted by Gasteiger charge is 2.22. The number of aromatic nitrogens is 2. The predicted octanol–water partition coefficient (Wildman–Crippen LogP) is 5.03. The van der Waals surface area contributed by atoms with E-state index in [9.17, 15) is 0 Å². The first-order valence-corrected chi connectivity index (χ1v) is 12.4. The van der Waals surface area contributed by atoms with E-state index in [1.165, 1.54) is 18.4 Å². The molecule has 6 heteroatoms. The van der Waals surface area contributed by atoms with Gasteiger partial charge in [-0.3, -0.25) is 0 Å². The van der Waals surface area contributed by atoms with Crippen LogP contribution < -0.4 is 15.5 Å². The number of fused-ring (bicyclic) bond motifs is 1. The van der Waals surface area contributed by atoms with Crippen molar-refractivity contribution in [1.82, 2.24) is 15.3 Å². The number of nitrogens with zero attached hydrogens (tertiary/aromatic N) is 3. The molecule has 0 amide bonds. The fourth-order valence-corrected chi connectivity index (χ4v) is 4.50. The van der Waals surface area contributed by atoms with Crippen LogP contribution >= 0.6 is 0 Å². The summed E-state index contributed by atoms with van der Waals surface area (Å²) in [5.74, 6) is 2.43. The van der Waals surface area contributed by atoms with E-state index >= 15 is 0 Å². The molecule has 0 atom stereocenters. The molecule has 0 spiro atoms. The van der Waals surface area contributed by atoms with Gasteiger partial charge >= 0.3 is 0 Å². The van der Waals surface area contributed by atoms with Crippen molar-refractivity contribution >= 4 is 22.7 Å². The summed E-state index contributed by atoms with van der Waals surface area (Å²) in [6, 6.07) is 18.9. The second-order valence-corrected chi connectivity index (χ2v) is 9.27. The second kappa shape index (κ2) is 12.5. The number of benzene rings is 2. The summed E-state index contributed by atoms with van der Waals surface area (Å²) in [5, 5.41) is 8.27. The van der Waals surface area contributed by atoms with E-state index in [1.54, 1.807) is 0 Å². The van der Waals surface area contributed by atoms with E-state index < -0.39 is 0 Å². The summed E-state index contributed by atoms with van der Waals surface area (Å²) < 4.78 is 5.69. The minimum atomic E-state index is 0.439. The molecule has 0 radical (unpaired) electrons. The third-order valence-corrected chi connectivity index (χ3v) is 6.37. The standard InChI is InChI=1S/C28H37N5O/c1-33(2)27-25-12-6-7-13-26(25)31-28(32-27)30-24-16-14-22(15-17-24)20-29-18-8-9-19-34-21-23-10-4-3-5-11-23/h3-13,22,24,29H,14-21H2,1-2H3,(H,30,31,32)/b9-8+/t22-,24+. The Hall–Kier alpha value is -2.96. The lowest BCUT2D eigenvalue weighted by Gasteiger charge is -2.29. The Balaban J connectivity index is 1.14. The zero-order valence-corrected chi connectivity index (χ0v) is 20.4. The minimum Gasteiger partial charge on any atom is -0.373 e. The summed E-state index contributed by atoms with van der Waals surface area (Å²) in [4.78, 5) is 11.6. The summed E-state index contributed by atoms with van der Waals surface area (Å²) in [5.41, 5.74) is 2.20. The number of nitrogens with one attached hydrogen (secondary N) is 2. The Morgan fingerprint density at radius 1 is 0.941 bits per heavy atom. The molecule has 3 aromatic rings. The van der Waals surface area contributed by atoms with Crippen LogP contribution in [0.4, 0.5) is 11.8 Å². The number of para-hydroxylation sites is 1. The van der Waals surface area contributed by atoms with Crippen molar-refractivity contribution in [1.29, 1.82) is 0 Å². The van der Waals surface area contributed by atoms with Crippen LogP contribution in [0.3, 0.4) is 0 Å². The summed E-state index contributed by atoms with van der Waals surface area (Å²) in [7, 11) is 4.06. The average Bonchev–Trinajstić information content (AvgIpc) is 2.86. The Morgan fingerprint density at radius 2 is 1.71 bits per heavy atom. The molecule has 1 heterocycles. The number of hydrogen-bond acceptors (Lipinski definition) is 6. The lowest BCUT2D eigenvalue weighted by molar-refractivity contribution is 0.148. The maximum absolute atomic E-state index is 5.69. The van der Waals surface area contributed by atoms with Gasteiger partial charge in [-0.15, -0.1) is 0 Å². The molecule has 0 aliphatic heterocycles. The first-order valence-electron chi connectivity index (χ1n) is 12.4. The van der Waals surface area contributed by atoms with Gasteiger partial charge in [0.2, 0.25) is 5.95 Å². The van der Waals surface area contributed by atoms with Crippen molar-refractivity contribution in [2.24, 2.45) is 5.92 Å². The van der Waals surface area contributed by atoms with E-state index in [2.05, 4.69) is 52.0 Å². The lowest BCUT2D eigenvalue weighted by Crippen LogP contribution is -2.32. The highest BCUT2D eigenvalue weighted by atomic mass is 16.5. The summed E-state index contributed by atoms with van der Waals surface area (Å²) in [6.07, 6.45) is 9.03. The SMILES string of the molecule is CN(C)c1nc(N[C@H]2CC[C@@H](CNC/C=C/COCc3ccccc3)CC2)nc2ccccc12. The predicted molar refractivity (Wildman–Crippen MR) is 141 cm³/mol. The molecule has 2 N–H and O–H groups in total. The zero-order chi connectivity index (χ0) is 23.6. The first kappa shape index (κ1) is 24.2. The van der Waals surface area contributed by atoms with Crippen LogP contribution in [0.25, 0.3) is 10.9 Å². The molecule has 1 fully saturated rings. The fourth-order valence-electron chi connectivity index (χ4n) is 4.50. The fraction of sp³-hybridized carbons (Fsp3) is 0.429. The summed E-state index contributed by atoms with van der Waals surface area (Å²) in [6.45, 7) is 3.28. The first-order chi connectivity index (χ1) is 16.7. The van der Waals surface area contributed by atoms with Crippen LogP contribution in [0.5, 0.6) is 0 Å². The molecular formula is C28H37N5O. The molecule has 0 unspecified atom stereocenters. The van der Waals surface area contributed by atoms with Crippen LogP contribution in [0.15, 0.2) is 66.7 Å². The van der Waals surface area contributed by atoms with E-state index in [0.717, 1.165) is 54.5 Å². The van der Waals surface area contributed by atoms with Gasteiger partial charge in [0, 0.05) is 32.1 Å². The van der Waals surface area contributed by atoms with Gasteiger partial charge < -0.3 is 20.3 Å². The van der Waals surface area contributed by atoms with Gasteiger partial charge in [-0.05, 0) is 55.8 Å². The molecule has 1 aromatic heterocycles. The van der Waals surface area contributed by atoms with Gasteiger partial charge in [0.15, 0.2) is 0 Å². The molecule has 6 nitrogen and oxygen atoms in total. The van der Waals surface area contributed by atoms with Crippen LogP contribution in [-0.4, -0.2) is 49.8 Å². The average molecular weight is 460 g/mol. The third-order valence-electron chi connectivity index (χ3n) is 6.37. The quantitative estimate of drug-likeness (QED) is 0.310. The van der Waals surface area contributed by atoms with Crippen molar-refractivity contribution in [2.75, 3.05) is 44.0 Å². The van der Waals surface area contributed by atoms with E-state index in [-0.39, 0.29) is 0 Å². The number of rotatable bonds is 11. The molecular weight excluding hydrogens is 422 g/mol. The van der Waals surface area contributed by atoms with Crippen molar-refractivity contribution in [3.05, 3.63) is 72.3 Å². The highest BCUT2D eigenvalue weighted by molar-refractivity contribution is 5.90. The molecule has 1 aliphatic rings. The number of ether oxygens (including phenoxy) is 1. The van der Waals surface area contributed by atoms with Gasteiger partial charge in [-0.25, -0.2) is 4.98 Å². The topological polar surface area (TPSA) is 62.3 Å². The van der Waals surface area contributed by atoms with Gasteiger partial charge in [0.05, 0.1) is 18.7 Å². The van der Waals surface area contributed by atoms with Gasteiger partial charge in [-0.1, -0.05) is 54.6 Å².